The first-order valence-corrected chi connectivity index (χ1v) is 10.4. The Labute approximate surface area is 195 Å². The normalized spacial score (nSPS) is 12.3. The van der Waals surface area contributed by atoms with E-state index in [0.717, 1.165) is 16.7 Å². The molecule has 1 aromatic heterocycles. The van der Waals surface area contributed by atoms with Gasteiger partial charge in [-0.05, 0) is 30.2 Å². The van der Waals surface area contributed by atoms with Crippen molar-refractivity contribution in [2.24, 2.45) is 0 Å². The number of hydrogen-bond donors (Lipinski definition) is 1. The van der Waals surface area contributed by atoms with E-state index in [9.17, 15) is 13.2 Å². The number of halogens is 3. The number of alkyl halides is 3. The maximum Gasteiger partial charge on any atom is 0.429 e. The fourth-order valence-corrected chi connectivity index (χ4v) is 3.47. The number of methoxy groups -OCH3 is 1. The highest BCUT2D eigenvalue weighted by atomic mass is 19.4. The minimum absolute atomic E-state index is 0.0618. The third kappa shape index (κ3) is 5.28. The predicted octanol–water partition coefficient (Wildman–Crippen LogP) is 6.39. The van der Waals surface area contributed by atoms with Gasteiger partial charge in [0.15, 0.2) is 0 Å². The standard InChI is InChI=1S/C26H22F3N3O2/c1-16-6-8-18(9-7-16)22-15-23(32-25(30)31-22)34-24(26(27,28)29)19-12-10-17(11-13-19)20-4-3-5-21(14-20)33-2/h3-15,24H,1-2H3,(H2,30,31,32). The van der Waals surface area contributed by atoms with Crippen molar-refractivity contribution < 1.29 is 22.6 Å². The van der Waals surface area contributed by atoms with Gasteiger partial charge in [0.1, 0.15) is 5.75 Å². The lowest BCUT2D eigenvalue weighted by atomic mass is 10.0. The molecule has 5 nitrogen and oxygen atoms in total. The van der Waals surface area contributed by atoms with Crippen LogP contribution in [0.1, 0.15) is 17.2 Å². The second kappa shape index (κ2) is 9.43. The highest BCUT2D eigenvalue weighted by Gasteiger charge is 2.43. The summed E-state index contributed by atoms with van der Waals surface area (Å²) in [5.41, 5.74) is 9.37. The number of anilines is 1. The van der Waals surface area contributed by atoms with Crippen molar-refractivity contribution in [3.8, 4) is 34.0 Å². The molecule has 1 heterocycles. The molecule has 0 saturated heterocycles. The van der Waals surface area contributed by atoms with Crippen LogP contribution < -0.4 is 15.2 Å². The van der Waals surface area contributed by atoms with Crippen LogP contribution in [-0.4, -0.2) is 23.3 Å². The molecule has 4 rings (SSSR count). The number of aryl methyl sites for hydroxylation is 1. The molecule has 0 radical (unpaired) electrons. The second-order valence-corrected chi connectivity index (χ2v) is 7.71. The number of hydrogen-bond acceptors (Lipinski definition) is 5. The van der Waals surface area contributed by atoms with Gasteiger partial charge in [-0.15, -0.1) is 0 Å². The summed E-state index contributed by atoms with van der Waals surface area (Å²) in [5.74, 6) is 0.216. The number of rotatable bonds is 6. The van der Waals surface area contributed by atoms with E-state index < -0.39 is 12.3 Å². The highest BCUT2D eigenvalue weighted by molar-refractivity contribution is 5.65. The third-order valence-corrected chi connectivity index (χ3v) is 5.22. The molecule has 0 spiro atoms. The molecule has 0 aliphatic heterocycles. The lowest BCUT2D eigenvalue weighted by molar-refractivity contribution is -0.198. The first-order chi connectivity index (χ1) is 16.2. The van der Waals surface area contributed by atoms with Crippen LogP contribution in [0.3, 0.4) is 0 Å². The zero-order valence-corrected chi connectivity index (χ0v) is 18.5. The van der Waals surface area contributed by atoms with E-state index in [1.807, 2.05) is 37.3 Å². The molecule has 34 heavy (non-hydrogen) atoms. The highest BCUT2D eigenvalue weighted by Crippen LogP contribution is 2.38. The van der Waals surface area contributed by atoms with Crippen LogP contribution in [0, 0.1) is 6.92 Å². The van der Waals surface area contributed by atoms with Crippen molar-refractivity contribution in [2.75, 3.05) is 12.8 Å². The fourth-order valence-electron chi connectivity index (χ4n) is 3.47. The summed E-state index contributed by atoms with van der Waals surface area (Å²) >= 11 is 0. The van der Waals surface area contributed by atoms with Gasteiger partial charge in [0.25, 0.3) is 0 Å². The molecule has 0 fully saturated rings. The Morgan fingerprint density at radius 1 is 0.824 bits per heavy atom. The van der Waals surface area contributed by atoms with Gasteiger partial charge in [-0.2, -0.15) is 18.2 Å². The Kier molecular flexibility index (Phi) is 6.40. The molecular weight excluding hydrogens is 443 g/mol. The molecule has 8 heteroatoms. The average molecular weight is 465 g/mol. The first kappa shape index (κ1) is 23.1. The van der Waals surface area contributed by atoms with Crippen molar-refractivity contribution in [3.05, 3.63) is 90.0 Å². The van der Waals surface area contributed by atoms with Gasteiger partial charge in [-0.25, -0.2) is 4.98 Å². The van der Waals surface area contributed by atoms with Crippen molar-refractivity contribution >= 4 is 5.95 Å². The van der Waals surface area contributed by atoms with Crippen LogP contribution in [-0.2, 0) is 0 Å². The number of nitrogens with zero attached hydrogens (tertiary/aromatic N) is 2. The summed E-state index contributed by atoms with van der Waals surface area (Å²) < 4.78 is 52.5. The number of aromatic nitrogens is 2. The van der Waals surface area contributed by atoms with Gasteiger partial charge in [0.2, 0.25) is 17.9 Å². The first-order valence-electron chi connectivity index (χ1n) is 10.4. The Balaban J connectivity index is 1.64. The van der Waals surface area contributed by atoms with Gasteiger partial charge in [-0.3, -0.25) is 0 Å². The predicted molar refractivity (Wildman–Crippen MR) is 124 cm³/mol. The Morgan fingerprint density at radius 3 is 2.15 bits per heavy atom. The largest absolute Gasteiger partial charge is 0.497 e. The summed E-state index contributed by atoms with van der Waals surface area (Å²) in [6.07, 6.45) is -6.91. The van der Waals surface area contributed by atoms with E-state index in [1.54, 1.807) is 37.4 Å². The monoisotopic (exact) mass is 465 g/mol. The van der Waals surface area contributed by atoms with Gasteiger partial charge in [-0.1, -0.05) is 66.2 Å². The van der Waals surface area contributed by atoms with E-state index in [1.165, 1.54) is 18.2 Å². The van der Waals surface area contributed by atoms with Crippen LogP contribution in [0.25, 0.3) is 22.4 Å². The van der Waals surface area contributed by atoms with E-state index >= 15 is 0 Å². The zero-order chi connectivity index (χ0) is 24.3. The number of benzene rings is 3. The zero-order valence-electron chi connectivity index (χ0n) is 18.5. The van der Waals surface area contributed by atoms with Gasteiger partial charge in [0.05, 0.1) is 12.8 Å². The Bertz CT molecular complexity index is 1270. The minimum atomic E-state index is -4.68. The smallest absolute Gasteiger partial charge is 0.429 e. The Morgan fingerprint density at radius 2 is 1.50 bits per heavy atom. The van der Waals surface area contributed by atoms with Crippen LogP contribution in [0.4, 0.5) is 19.1 Å². The molecule has 0 aliphatic carbocycles. The van der Waals surface area contributed by atoms with E-state index in [-0.39, 0.29) is 17.4 Å². The minimum Gasteiger partial charge on any atom is -0.497 e. The molecule has 0 amide bonds. The fraction of sp³-hybridized carbons (Fsp3) is 0.154. The molecule has 0 aliphatic rings. The van der Waals surface area contributed by atoms with Gasteiger partial charge in [0, 0.05) is 17.2 Å². The average Bonchev–Trinajstić information content (AvgIpc) is 2.82. The van der Waals surface area contributed by atoms with Crippen molar-refractivity contribution in [2.45, 2.75) is 19.2 Å². The van der Waals surface area contributed by atoms with Crippen LogP contribution in [0.2, 0.25) is 0 Å². The van der Waals surface area contributed by atoms with Crippen molar-refractivity contribution in [3.63, 3.8) is 0 Å². The second-order valence-electron chi connectivity index (χ2n) is 7.71. The van der Waals surface area contributed by atoms with E-state index in [4.69, 9.17) is 15.2 Å². The molecule has 4 aromatic rings. The molecule has 0 saturated carbocycles. The molecule has 1 atom stereocenters. The number of nitrogens with two attached hydrogens (primary N) is 1. The summed E-state index contributed by atoms with van der Waals surface area (Å²) in [4.78, 5) is 8.00. The van der Waals surface area contributed by atoms with Crippen LogP contribution in [0.5, 0.6) is 11.6 Å². The van der Waals surface area contributed by atoms with Crippen LogP contribution >= 0.6 is 0 Å². The summed E-state index contributed by atoms with van der Waals surface area (Å²) in [6, 6.07) is 22.0. The molecule has 1 unspecified atom stereocenters. The molecular formula is C26H22F3N3O2. The van der Waals surface area contributed by atoms with Crippen molar-refractivity contribution in [1.82, 2.24) is 9.97 Å². The molecule has 174 valence electrons. The summed E-state index contributed by atoms with van der Waals surface area (Å²) in [7, 11) is 1.55. The summed E-state index contributed by atoms with van der Waals surface area (Å²) in [5, 5.41) is 0. The number of nitrogen functional groups attached to an aromatic ring is 1. The lowest BCUT2D eigenvalue weighted by Gasteiger charge is -2.22. The SMILES string of the molecule is COc1cccc(-c2ccc(C(Oc3cc(-c4ccc(C)cc4)nc(N)n3)C(F)(F)F)cc2)c1. The molecule has 0 bridgehead atoms. The number of ether oxygens (including phenoxy) is 2. The van der Waals surface area contributed by atoms with Crippen LogP contribution in [0.15, 0.2) is 78.9 Å². The molecule has 3 aromatic carbocycles. The van der Waals surface area contributed by atoms with Crippen molar-refractivity contribution in [1.29, 1.82) is 0 Å². The van der Waals surface area contributed by atoms with Gasteiger partial charge < -0.3 is 15.2 Å². The lowest BCUT2D eigenvalue weighted by Crippen LogP contribution is -2.26. The van der Waals surface area contributed by atoms with E-state index in [0.29, 0.717) is 17.0 Å². The summed E-state index contributed by atoms with van der Waals surface area (Å²) in [6.45, 7) is 1.93. The maximum absolute atomic E-state index is 14.0. The van der Waals surface area contributed by atoms with E-state index in [2.05, 4.69) is 9.97 Å². The van der Waals surface area contributed by atoms with Gasteiger partial charge >= 0.3 is 6.18 Å². The quantitative estimate of drug-likeness (QED) is 0.357. The Hall–Kier alpha value is -4.07. The third-order valence-electron chi connectivity index (χ3n) is 5.22. The topological polar surface area (TPSA) is 70.3 Å². The maximum atomic E-state index is 14.0. The molecule has 2 N–H and O–H groups in total.